The topological polar surface area (TPSA) is 63.0 Å². The largest absolute Gasteiger partial charge is 0.466 e. The number of carbonyl (C=O) groups is 1. The van der Waals surface area contributed by atoms with E-state index in [4.69, 9.17) is 5.26 Å². The molecule has 1 rings (SSSR count). The van der Waals surface area contributed by atoms with E-state index in [0.29, 0.717) is 0 Å². The van der Waals surface area contributed by atoms with Crippen LogP contribution in [0.3, 0.4) is 0 Å². The van der Waals surface area contributed by atoms with Crippen LogP contribution in [0.4, 0.5) is 8.78 Å². The average molecular weight is 240 g/mol. The van der Waals surface area contributed by atoms with Crippen LogP contribution in [0.25, 0.3) is 0 Å². The van der Waals surface area contributed by atoms with Crippen molar-refractivity contribution in [1.82, 2.24) is 4.98 Å². The van der Waals surface area contributed by atoms with Crippen LogP contribution in [0, 0.1) is 11.3 Å². The van der Waals surface area contributed by atoms with Gasteiger partial charge in [-0.25, -0.2) is 13.8 Å². The molecule has 0 radical (unpaired) electrons. The van der Waals surface area contributed by atoms with Gasteiger partial charge in [-0.1, -0.05) is 0 Å². The summed E-state index contributed by atoms with van der Waals surface area (Å²) >= 11 is 0. The van der Waals surface area contributed by atoms with Crippen LogP contribution in [0.15, 0.2) is 12.1 Å². The molecule has 90 valence electrons. The van der Waals surface area contributed by atoms with E-state index in [1.165, 1.54) is 0 Å². The lowest BCUT2D eigenvalue weighted by atomic mass is 10.1. The predicted molar refractivity (Wildman–Crippen MR) is 54.2 cm³/mol. The maximum atomic E-state index is 12.5. The number of nitrogens with zero attached hydrogens (tertiary/aromatic N) is 2. The molecule has 0 fully saturated rings. The van der Waals surface area contributed by atoms with Crippen LogP contribution < -0.4 is 0 Å². The van der Waals surface area contributed by atoms with Crippen molar-refractivity contribution in [2.45, 2.75) is 19.8 Å². The molecule has 0 unspecified atom stereocenters. The van der Waals surface area contributed by atoms with Crippen LogP contribution in [-0.4, -0.2) is 17.6 Å². The number of ether oxygens (including phenoxy) is 1. The summed E-state index contributed by atoms with van der Waals surface area (Å²) in [5, 5.41) is 8.63. The van der Waals surface area contributed by atoms with E-state index in [1.807, 2.05) is 0 Å². The molecule has 6 heteroatoms. The summed E-state index contributed by atoms with van der Waals surface area (Å²) in [7, 11) is 0. The molecular weight excluding hydrogens is 230 g/mol. The molecule has 4 nitrogen and oxygen atoms in total. The summed E-state index contributed by atoms with van der Waals surface area (Å²) in [5.74, 6) is -0.560. The lowest BCUT2D eigenvalue weighted by Gasteiger charge is -2.05. The zero-order chi connectivity index (χ0) is 12.8. The van der Waals surface area contributed by atoms with E-state index < -0.39 is 12.4 Å². The summed E-state index contributed by atoms with van der Waals surface area (Å²) in [6.07, 6.45) is -2.92. The van der Waals surface area contributed by atoms with Gasteiger partial charge in [-0.15, -0.1) is 0 Å². The number of alkyl halides is 2. The Morgan fingerprint density at radius 1 is 1.59 bits per heavy atom. The van der Waals surface area contributed by atoms with E-state index in [0.717, 1.165) is 12.1 Å². The normalized spacial score (nSPS) is 10.1. The smallest absolute Gasteiger partial charge is 0.311 e. The standard InChI is InChI=1S/C11H10F2N2O2/c1-2-17-10(16)5-8-3-7(11(12)13)4-9(6-14)15-8/h3-4,11H,2,5H2,1H3. The Kier molecular flexibility index (Phi) is 4.52. The molecule has 0 saturated carbocycles. The molecule has 0 N–H and O–H groups in total. The molecule has 0 spiro atoms. The van der Waals surface area contributed by atoms with Crippen molar-refractivity contribution in [3.05, 3.63) is 29.1 Å². The monoisotopic (exact) mass is 240 g/mol. The van der Waals surface area contributed by atoms with Gasteiger partial charge in [0.05, 0.1) is 18.7 Å². The maximum absolute atomic E-state index is 12.5. The Morgan fingerprint density at radius 3 is 2.82 bits per heavy atom. The summed E-state index contributed by atoms with van der Waals surface area (Å²) < 4.78 is 29.7. The lowest BCUT2D eigenvalue weighted by Crippen LogP contribution is -2.09. The van der Waals surface area contributed by atoms with E-state index in [2.05, 4.69) is 9.72 Å². The van der Waals surface area contributed by atoms with Crippen LogP contribution in [0.5, 0.6) is 0 Å². The number of carbonyl (C=O) groups excluding carboxylic acids is 1. The second kappa shape index (κ2) is 5.89. The third kappa shape index (κ3) is 3.79. The first kappa shape index (κ1) is 13.0. The first-order valence-electron chi connectivity index (χ1n) is 4.91. The van der Waals surface area contributed by atoms with Crippen molar-refractivity contribution < 1.29 is 18.3 Å². The number of pyridine rings is 1. The van der Waals surface area contributed by atoms with Crippen LogP contribution in [-0.2, 0) is 16.0 Å². The van der Waals surface area contributed by atoms with E-state index in [1.54, 1.807) is 13.0 Å². The fraction of sp³-hybridized carbons (Fsp3) is 0.364. The minimum absolute atomic E-state index is 0.109. The summed E-state index contributed by atoms with van der Waals surface area (Å²) in [4.78, 5) is 14.9. The van der Waals surface area contributed by atoms with Gasteiger partial charge in [0.25, 0.3) is 6.43 Å². The fourth-order valence-corrected chi connectivity index (χ4v) is 1.24. The predicted octanol–water partition coefficient (Wildman–Crippen LogP) is 2.00. The molecule has 0 aromatic carbocycles. The molecule has 0 aliphatic carbocycles. The number of esters is 1. The highest BCUT2D eigenvalue weighted by Gasteiger charge is 2.13. The van der Waals surface area contributed by atoms with Gasteiger partial charge < -0.3 is 4.74 Å². The fourth-order valence-electron chi connectivity index (χ4n) is 1.24. The van der Waals surface area contributed by atoms with E-state index >= 15 is 0 Å². The van der Waals surface area contributed by atoms with Crippen molar-refractivity contribution in [2.75, 3.05) is 6.61 Å². The van der Waals surface area contributed by atoms with Crippen molar-refractivity contribution in [2.24, 2.45) is 0 Å². The third-order valence-electron chi connectivity index (χ3n) is 1.90. The number of aromatic nitrogens is 1. The zero-order valence-corrected chi connectivity index (χ0v) is 9.11. The molecule has 0 atom stereocenters. The number of hydrogen-bond donors (Lipinski definition) is 0. The zero-order valence-electron chi connectivity index (χ0n) is 9.11. The van der Waals surface area contributed by atoms with Gasteiger partial charge in [-0.05, 0) is 19.1 Å². The number of rotatable bonds is 4. The average Bonchev–Trinajstić information content (AvgIpc) is 2.28. The van der Waals surface area contributed by atoms with Crippen molar-refractivity contribution in [1.29, 1.82) is 5.26 Å². The van der Waals surface area contributed by atoms with Crippen molar-refractivity contribution in [3.8, 4) is 6.07 Å². The van der Waals surface area contributed by atoms with Crippen molar-refractivity contribution >= 4 is 5.97 Å². The Morgan fingerprint density at radius 2 is 2.29 bits per heavy atom. The molecule has 17 heavy (non-hydrogen) atoms. The molecule has 0 aliphatic rings. The molecule has 1 heterocycles. The van der Waals surface area contributed by atoms with Gasteiger partial charge in [0.1, 0.15) is 11.8 Å². The highest BCUT2D eigenvalue weighted by molar-refractivity contribution is 5.72. The third-order valence-corrected chi connectivity index (χ3v) is 1.90. The quantitative estimate of drug-likeness (QED) is 0.755. The molecule has 1 aromatic heterocycles. The molecule has 0 amide bonds. The molecular formula is C11H10F2N2O2. The first-order valence-corrected chi connectivity index (χ1v) is 4.91. The Hall–Kier alpha value is -2.03. The summed E-state index contributed by atoms with van der Waals surface area (Å²) in [5.41, 5.74) is -0.351. The minimum Gasteiger partial charge on any atom is -0.466 e. The van der Waals surface area contributed by atoms with Gasteiger partial charge in [0, 0.05) is 5.56 Å². The number of halogens is 2. The van der Waals surface area contributed by atoms with Crippen LogP contribution in [0.1, 0.15) is 30.3 Å². The lowest BCUT2D eigenvalue weighted by molar-refractivity contribution is -0.142. The van der Waals surface area contributed by atoms with Gasteiger partial charge >= 0.3 is 5.97 Å². The van der Waals surface area contributed by atoms with Crippen LogP contribution in [0.2, 0.25) is 0 Å². The molecule has 0 saturated heterocycles. The molecule has 0 aliphatic heterocycles. The highest BCUT2D eigenvalue weighted by Crippen LogP contribution is 2.20. The first-order chi connectivity index (χ1) is 8.06. The summed E-state index contributed by atoms with van der Waals surface area (Å²) in [6, 6.07) is 3.77. The summed E-state index contributed by atoms with van der Waals surface area (Å²) in [6.45, 7) is 1.85. The minimum atomic E-state index is -2.70. The number of hydrogen-bond acceptors (Lipinski definition) is 4. The van der Waals surface area contributed by atoms with Gasteiger partial charge in [-0.2, -0.15) is 5.26 Å². The van der Waals surface area contributed by atoms with Crippen LogP contribution >= 0.6 is 0 Å². The van der Waals surface area contributed by atoms with Gasteiger partial charge in [-0.3, -0.25) is 4.79 Å². The highest BCUT2D eigenvalue weighted by atomic mass is 19.3. The molecule has 1 aromatic rings. The van der Waals surface area contributed by atoms with E-state index in [9.17, 15) is 13.6 Å². The second-order valence-electron chi connectivity index (χ2n) is 3.17. The molecule has 0 bridgehead atoms. The van der Waals surface area contributed by atoms with Gasteiger partial charge in [0.15, 0.2) is 0 Å². The maximum Gasteiger partial charge on any atom is 0.311 e. The second-order valence-corrected chi connectivity index (χ2v) is 3.17. The van der Waals surface area contributed by atoms with E-state index in [-0.39, 0.29) is 30.0 Å². The Balaban J connectivity index is 2.96. The van der Waals surface area contributed by atoms with Crippen molar-refractivity contribution in [3.63, 3.8) is 0 Å². The SMILES string of the molecule is CCOC(=O)Cc1cc(C(F)F)cc(C#N)n1. The Bertz CT molecular complexity index is 455. The van der Waals surface area contributed by atoms with Gasteiger partial charge in [0.2, 0.25) is 0 Å². The Labute approximate surface area is 96.8 Å². The number of nitriles is 1.